The fourth-order valence-corrected chi connectivity index (χ4v) is 2.33. The van der Waals surface area contributed by atoms with E-state index >= 15 is 0 Å². The highest BCUT2D eigenvalue weighted by atomic mass is 16.2. The summed E-state index contributed by atoms with van der Waals surface area (Å²) in [6, 6.07) is 6.07. The summed E-state index contributed by atoms with van der Waals surface area (Å²) in [4.78, 5) is 14.7. The number of nitrogen functional groups attached to an aromatic ring is 1. The van der Waals surface area contributed by atoms with Crippen molar-refractivity contribution in [2.75, 3.05) is 12.0 Å². The number of rotatable bonds is 5. The third-order valence-corrected chi connectivity index (χ3v) is 3.43. The van der Waals surface area contributed by atoms with Crippen LogP contribution in [0.5, 0.6) is 0 Å². The monoisotopic (exact) mass is 261 g/mol. The maximum Gasteiger partial charge on any atom is 0.254 e. The van der Waals surface area contributed by atoms with Crippen molar-refractivity contribution < 1.29 is 4.79 Å². The van der Waals surface area contributed by atoms with Crippen LogP contribution in [0.2, 0.25) is 0 Å². The number of anilines is 1. The summed E-state index contributed by atoms with van der Waals surface area (Å²) < 4.78 is 0. The first-order valence-corrected chi connectivity index (χ1v) is 6.91. The molecule has 0 saturated heterocycles. The van der Waals surface area contributed by atoms with Gasteiger partial charge in [-0.05, 0) is 49.4 Å². The molecular formula is C15H23N3O. The zero-order chi connectivity index (χ0) is 14.0. The van der Waals surface area contributed by atoms with E-state index in [1.165, 1.54) is 0 Å². The number of carbonyl (C=O) groups excluding carboxylic acids is 1. The quantitative estimate of drug-likeness (QED) is 0.632. The minimum absolute atomic E-state index is 0.150. The van der Waals surface area contributed by atoms with Crippen LogP contribution >= 0.6 is 0 Å². The molecule has 2 rings (SSSR count). The van der Waals surface area contributed by atoms with Gasteiger partial charge in [0, 0.05) is 23.8 Å². The van der Waals surface area contributed by atoms with Gasteiger partial charge in [0.05, 0.1) is 0 Å². The topological polar surface area (TPSA) is 58.4 Å². The Morgan fingerprint density at radius 1 is 1.47 bits per heavy atom. The lowest BCUT2D eigenvalue weighted by molar-refractivity contribution is 0.0722. The molecular weight excluding hydrogens is 238 g/mol. The Kier molecular flexibility index (Phi) is 4.10. The first-order chi connectivity index (χ1) is 9.02. The molecule has 0 bridgehead atoms. The number of amides is 1. The van der Waals surface area contributed by atoms with Gasteiger partial charge in [0.1, 0.15) is 0 Å². The minimum atomic E-state index is 0.150. The molecule has 0 spiro atoms. The number of aryl methyl sites for hydroxylation is 1. The summed E-state index contributed by atoms with van der Waals surface area (Å²) >= 11 is 0. The summed E-state index contributed by atoms with van der Waals surface area (Å²) in [5.41, 5.74) is 5.19. The average Bonchev–Trinajstić information content (AvgIpc) is 3.19. The first-order valence-electron chi connectivity index (χ1n) is 6.91. The first kappa shape index (κ1) is 13.9. The minimum Gasteiger partial charge on any atom is -0.335 e. The zero-order valence-electron chi connectivity index (χ0n) is 11.9. The molecule has 0 unspecified atom stereocenters. The summed E-state index contributed by atoms with van der Waals surface area (Å²) in [5.74, 6) is 6.03. The molecule has 3 N–H and O–H groups in total. The Labute approximate surface area is 114 Å². The van der Waals surface area contributed by atoms with Crippen molar-refractivity contribution in [1.29, 1.82) is 0 Å². The number of nitrogens with one attached hydrogen (secondary N) is 1. The van der Waals surface area contributed by atoms with E-state index in [0.717, 1.165) is 36.2 Å². The van der Waals surface area contributed by atoms with E-state index in [4.69, 9.17) is 5.84 Å². The molecule has 0 heterocycles. The third kappa shape index (κ3) is 3.26. The Balaban J connectivity index is 2.21. The van der Waals surface area contributed by atoms with Crippen molar-refractivity contribution in [2.45, 2.75) is 39.7 Å². The molecule has 1 aromatic rings. The molecule has 1 amide bonds. The van der Waals surface area contributed by atoms with Gasteiger partial charge in [-0.1, -0.05) is 13.8 Å². The normalized spacial score (nSPS) is 14.6. The molecule has 1 aromatic carbocycles. The zero-order valence-corrected chi connectivity index (χ0v) is 11.9. The van der Waals surface area contributed by atoms with Crippen LogP contribution in [-0.2, 0) is 0 Å². The highest BCUT2D eigenvalue weighted by Crippen LogP contribution is 2.30. The number of benzene rings is 1. The van der Waals surface area contributed by atoms with E-state index in [-0.39, 0.29) is 5.91 Å². The van der Waals surface area contributed by atoms with Crippen molar-refractivity contribution in [3.8, 4) is 0 Å². The summed E-state index contributed by atoms with van der Waals surface area (Å²) in [6.45, 7) is 7.09. The van der Waals surface area contributed by atoms with E-state index in [1.807, 2.05) is 30.0 Å². The Morgan fingerprint density at radius 3 is 2.63 bits per heavy atom. The molecule has 19 heavy (non-hydrogen) atoms. The Hall–Kier alpha value is -1.55. The maximum atomic E-state index is 12.7. The third-order valence-electron chi connectivity index (χ3n) is 3.43. The maximum absolute atomic E-state index is 12.7. The number of hydrazine groups is 1. The average molecular weight is 261 g/mol. The van der Waals surface area contributed by atoms with Gasteiger partial charge in [0.15, 0.2) is 0 Å². The number of hydrogen-bond acceptors (Lipinski definition) is 3. The van der Waals surface area contributed by atoms with Crippen LogP contribution in [0.3, 0.4) is 0 Å². The van der Waals surface area contributed by atoms with E-state index in [9.17, 15) is 4.79 Å². The van der Waals surface area contributed by atoms with Gasteiger partial charge in [0.25, 0.3) is 5.91 Å². The SMILES string of the molecule is Cc1cc(NN)ccc1C(=O)N(CC(C)C)C1CC1. The van der Waals surface area contributed by atoms with Gasteiger partial charge in [-0.2, -0.15) is 0 Å². The molecule has 104 valence electrons. The molecule has 4 heteroatoms. The molecule has 1 aliphatic rings. The lowest BCUT2D eigenvalue weighted by Crippen LogP contribution is -2.36. The summed E-state index contributed by atoms with van der Waals surface area (Å²) in [6.07, 6.45) is 2.28. The second-order valence-electron chi connectivity index (χ2n) is 5.76. The van der Waals surface area contributed by atoms with Crippen LogP contribution in [0.4, 0.5) is 5.69 Å². The van der Waals surface area contributed by atoms with E-state index in [0.29, 0.717) is 12.0 Å². The predicted octanol–water partition coefficient (Wildman–Crippen LogP) is 2.54. The molecule has 0 aliphatic heterocycles. The van der Waals surface area contributed by atoms with Crippen molar-refractivity contribution in [3.63, 3.8) is 0 Å². The highest BCUT2D eigenvalue weighted by molar-refractivity contribution is 5.96. The Bertz CT molecular complexity index is 466. The molecule has 1 saturated carbocycles. The molecule has 4 nitrogen and oxygen atoms in total. The highest BCUT2D eigenvalue weighted by Gasteiger charge is 2.33. The van der Waals surface area contributed by atoms with Gasteiger partial charge < -0.3 is 10.3 Å². The summed E-state index contributed by atoms with van der Waals surface area (Å²) in [7, 11) is 0. The number of nitrogens with two attached hydrogens (primary N) is 1. The fourth-order valence-electron chi connectivity index (χ4n) is 2.33. The van der Waals surface area contributed by atoms with Crippen molar-refractivity contribution >= 4 is 11.6 Å². The van der Waals surface area contributed by atoms with Crippen LogP contribution in [0.15, 0.2) is 18.2 Å². The Morgan fingerprint density at radius 2 is 2.16 bits per heavy atom. The van der Waals surface area contributed by atoms with E-state index in [2.05, 4.69) is 19.3 Å². The lowest BCUT2D eigenvalue weighted by Gasteiger charge is -2.25. The van der Waals surface area contributed by atoms with Crippen LogP contribution in [0.25, 0.3) is 0 Å². The predicted molar refractivity (Wildman–Crippen MR) is 77.9 cm³/mol. The van der Waals surface area contributed by atoms with Crippen molar-refractivity contribution in [1.82, 2.24) is 4.90 Å². The second-order valence-corrected chi connectivity index (χ2v) is 5.76. The van der Waals surface area contributed by atoms with Gasteiger partial charge in [0.2, 0.25) is 0 Å². The lowest BCUT2D eigenvalue weighted by atomic mass is 10.1. The van der Waals surface area contributed by atoms with Crippen LogP contribution in [0, 0.1) is 12.8 Å². The fraction of sp³-hybridized carbons (Fsp3) is 0.533. The largest absolute Gasteiger partial charge is 0.335 e. The van der Waals surface area contributed by atoms with Gasteiger partial charge in [-0.3, -0.25) is 10.6 Å². The molecule has 1 fully saturated rings. The van der Waals surface area contributed by atoms with Crippen LogP contribution in [0.1, 0.15) is 42.6 Å². The van der Waals surface area contributed by atoms with Gasteiger partial charge in [-0.25, -0.2) is 0 Å². The molecule has 0 aromatic heterocycles. The number of hydrogen-bond donors (Lipinski definition) is 2. The van der Waals surface area contributed by atoms with Crippen LogP contribution < -0.4 is 11.3 Å². The number of nitrogens with zero attached hydrogens (tertiary/aromatic N) is 1. The van der Waals surface area contributed by atoms with Crippen LogP contribution in [-0.4, -0.2) is 23.4 Å². The smallest absolute Gasteiger partial charge is 0.254 e. The molecule has 1 aliphatic carbocycles. The van der Waals surface area contributed by atoms with Crippen molar-refractivity contribution in [3.05, 3.63) is 29.3 Å². The number of carbonyl (C=O) groups is 1. The molecule has 0 atom stereocenters. The molecule has 0 radical (unpaired) electrons. The standard InChI is InChI=1S/C15H23N3O/c1-10(2)9-18(13-5-6-13)15(19)14-7-4-12(17-16)8-11(14)3/h4,7-8,10,13,17H,5-6,9,16H2,1-3H3. The van der Waals surface area contributed by atoms with Crippen molar-refractivity contribution in [2.24, 2.45) is 11.8 Å². The second kappa shape index (κ2) is 5.61. The van der Waals surface area contributed by atoms with E-state index in [1.54, 1.807) is 0 Å². The van der Waals surface area contributed by atoms with Gasteiger partial charge in [-0.15, -0.1) is 0 Å². The summed E-state index contributed by atoms with van der Waals surface area (Å²) in [5, 5.41) is 0. The van der Waals surface area contributed by atoms with E-state index < -0.39 is 0 Å². The van der Waals surface area contributed by atoms with Gasteiger partial charge >= 0.3 is 0 Å².